The number of nitrogens with two attached hydrogens (primary N) is 1. The van der Waals surface area contributed by atoms with Gasteiger partial charge in [0.15, 0.2) is 5.76 Å². The number of carbonyl (C=O) groups excluding carboxylic acids is 1. The average molecular weight is 571 g/mol. The van der Waals surface area contributed by atoms with Gasteiger partial charge in [0.2, 0.25) is 0 Å². The molecule has 0 bridgehead atoms. The topological polar surface area (TPSA) is 102 Å². The Bertz CT molecular complexity index is 1400. The minimum atomic E-state index is -0.584. The lowest BCUT2D eigenvalue weighted by molar-refractivity contribution is -0.133. The highest BCUT2D eigenvalue weighted by Gasteiger charge is 2.23. The van der Waals surface area contributed by atoms with Gasteiger partial charge in [0.25, 0.3) is 0 Å². The van der Waals surface area contributed by atoms with E-state index in [0.29, 0.717) is 56.1 Å². The molecule has 3 aromatic rings. The molecule has 0 atom stereocenters. The highest BCUT2D eigenvalue weighted by Crippen LogP contribution is 2.32. The van der Waals surface area contributed by atoms with Gasteiger partial charge in [-0.2, -0.15) is 5.90 Å². The fraction of sp³-hybridized carbons (Fsp3) is 0.172. The van der Waals surface area contributed by atoms with E-state index in [2.05, 4.69) is 5.16 Å². The van der Waals surface area contributed by atoms with E-state index in [4.69, 9.17) is 53.0 Å². The lowest BCUT2D eigenvalue weighted by Crippen LogP contribution is -2.13. The number of hydrogen-bond acceptors (Lipinski definition) is 8. The van der Waals surface area contributed by atoms with E-state index in [1.807, 2.05) is 19.1 Å². The molecule has 0 aliphatic carbocycles. The summed E-state index contributed by atoms with van der Waals surface area (Å²) in [6.07, 6.45) is 1.30. The van der Waals surface area contributed by atoms with Crippen molar-refractivity contribution in [2.45, 2.75) is 13.8 Å². The van der Waals surface area contributed by atoms with Crippen LogP contribution < -0.4 is 10.6 Å². The largest absolute Gasteiger partial charge is 0.503 e. The second-order valence-electron chi connectivity index (χ2n) is 7.94. The van der Waals surface area contributed by atoms with Crippen LogP contribution in [0.4, 0.5) is 0 Å². The van der Waals surface area contributed by atoms with Crippen molar-refractivity contribution in [3.63, 3.8) is 0 Å². The lowest BCUT2D eigenvalue weighted by atomic mass is 9.94. The van der Waals surface area contributed by atoms with Crippen molar-refractivity contribution >= 4 is 46.2 Å². The lowest BCUT2D eigenvalue weighted by Gasteiger charge is -2.17. The van der Waals surface area contributed by atoms with Crippen LogP contribution in [0.25, 0.3) is 11.3 Å². The molecule has 0 spiro atoms. The van der Waals surface area contributed by atoms with E-state index >= 15 is 0 Å². The molecule has 2 N–H and O–H groups in total. The summed E-state index contributed by atoms with van der Waals surface area (Å²) in [6.45, 7) is 3.95. The number of benzene rings is 3. The first-order valence-corrected chi connectivity index (χ1v) is 12.5. The molecule has 0 fully saturated rings. The van der Waals surface area contributed by atoms with Crippen molar-refractivity contribution in [3.8, 4) is 11.5 Å². The van der Waals surface area contributed by atoms with Gasteiger partial charge in [0.05, 0.1) is 30.5 Å². The van der Waals surface area contributed by atoms with Gasteiger partial charge in [-0.3, -0.25) is 0 Å². The van der Waals surface area contributed by atoms with Crippen LogP contribution in [0.15, 0.2) is 83.7 Å². The monoisotopic (exact) mass is 570 g/mol. The van der Waals surface area contributed by atoms with Crippen molar-refractivity contribution in [3.05, 3.63) is 105 Å². The molecule has 0 heterocycles. The van der Waals surface area contributed by atoms with Crippen LogP contribution in [-0.2, 0) is 23.9 Å². The Morgan fingerprint density at radius 3 is 2.21 bits per heavy atom. The van der Waals surface area contributed by atoms with Gasteiger partial charge in [-0.15, -0.1) is 0 Å². The molecule has 0 radical (unpaired) electrons. The maximum atomic E-state index is 12.5. The third-order valence-electron chi connectivity index (χ3n) is 5.46. The summed E-state index contributed by atoms with van der Waals surface area (Å²) < 4.78 is 16.0. The van der Waals surface area contributed by atoms with E-state index < -0.39 is 5.97 Å². The molecule has 0 aromatic heterocycles. The molecule has 0 unspecified atom stereocenters. The quantitative estimate of drug-likeness (QED) is 0.0869. The minimum Gasteiger partial charge on any atom is -0.503 e. The molecular formula is C29H28Cl2N2O6. The normalized spacial score (nSPS) is 12.4. The number of esters is 1. The predicted octanol–water partition coefficient (Wildman–Crippen LogP) is 7.01. The Morgan fingerprint density at radius 1 is 0.949 bits per heavy atom. The number of halogens is 2. The third kappa shape index (κ3) is 7.32. The summed E-state index contributed by atoms with van der Waals surface area (Å²) in [5.74, 6) is 6.57. The van der Waals surface area contributed by atoms with Crippen molar-refractivity contribution in [1.82, 2.24) is 0 Å². The zero-order valence-corrected chi connectivity index (χ0v) is 23.4. The maximum Gasteiger partial charge on any atom is 0.341 e. The van der Waals surface area contributed by atoms with Crippen LogP contribution in [0, 0.1) is 0 Å². The van der Waals surface area contributed by atoms with Crippen LogP contribution in [0.2, 0.25) is 10.0 Å². The SMILES string of the molecule is CCON=C(C(C)=C(ON)c1ccccc1C(=COC)C(=O)OC)c1ccc(Oc2ccc(Cl)c(Cl)c2)cc1. The number of ether oxygens (including phenoxy) is 3. The highest BCUT2D eigenvalue weighted by molar-refractivity contribution is 6.42. The molecule has 0 aliphatic heterocycles. The predicted molar refractivity (Wildman–Crippen MR) is 152 cm³/mol. The minimum absolute atomic E-state index is 0.185. The van der Waals surface area contributed by atoms with E-state index in [9.17, 15) is 4.79 Å². The fourth-order valence-electron chi connectivity index (χ4n) is 3.65. The summed E-state index contributed by atoms with van der Waals surface area (Å²) in [6, 6.07) is 19.3. The van der Waals surface area contributed by atoms with Crippen LogP contribution >= 0.6 is 23.2 Å². The van der Waals surface area contributed by atoms with Gasteiger partial charge < -0.3 is 23.9 Å². The van der Waals surface area contributed by atoms with Gasteiger partial charge in [-0.05, 0) is 50.2 Å². The van der Waals surface area contributed by atoms with Crippen LogP contribution in [0.5, 0.6) is 11.5 Å². The Kier molecular flexibility index (Phi) is 10.8. The van der Waals surface area contributed by atoms with Crippen molar-refractivity contribution in [2.75, 3.05) is 20.8 Å². The number of hydrogen-bond donors (Lipinski definition) is 1. The molecule has 8 nitrogen and oxygen atoms in total. The first kappa shape index (κ1) is 29.6. The number of allylic oxidation sites excluding steroid dienone is 1. The summed E-state index contributed by atoms with van der Waals surface area (Å²) in [7, 11) is 2.73. The zero-order valence-electron chi connectivity index (χ0n) is 21.9. The zero-order chi connectivity index (χ0) is 28.4. The van der Waals surface area contributed by atoms with Crippen LogP contribution in [-0.4, -0.2) is 32.5 Å². The number of carbonyl (C=O) groups is 1. The molecule has 0 amide bonds. The maximum absolute atomic E-state index is 12.5. The van der Waals surface area contributed by atoms with Crippen LogP contribution in [0.1, 0.15) is 30.5 Å². The Labute approximate surface area is 237 Å². The number of nitrogens with zero attached hydrogens (tertiary/aromatic N) is 1. The van der Waals surface area contributed by atoms with Gasteiger partial charge in [0, 0.05) is 28.3 Å². The first-order chi connectivity index (χ1) is 18.8. The molecule has 3 rings (SSSR count). The van der Waals surface area contributed by atoms with Gasteiger partial charge in [0.1, 0.15) is 29.4 Å². The summed E-state index contributed by atoms with van der Waals surface area (Å²) in [5, 5.41) is 5.15. The first-order valence-electron chi connectivity index (χ1n) is 11.8. The molecule has 0 saturated carbocycles. The summed E-state index contributed by atoms with van der Waals surface area (Å²) in [4.78, 5) is 23.3. The third-order valence-corrected chi connectivity index (χ3v) is 6.20. The number of rotatable bonds is 11. The number of oxime groups is 1. The number of methoxy groups -OCH3 is 2. The molecule has 0 aliphatic rings. The second-order valence-corrected chi connectivity index (χ2v) is 8.75. The Balaban J connectivity index is 2.06. The second kappa shape index (κ2) is 14.2. The van der Waals surface area contributed by atoms with E-state index in [1.165, 1.54) is 20.5 Å². The van der Waals surface area contributed by atoms with Crippen molar-refractivity contribution < 1.29 is 28.7 Å². The summed E-state index contributed by atoms with van der Waals surface area (Å²) in [5.41, 5.74) is 2.92. The molecular weight excluding hydrogens is 543 g/mol. The van der Waals surface area contributed by atoms with Gasteiger partial charge in [-0.1, -0.05) is 52.6 Å². The molecule has 204 valence electrons. The van der Waals surface area contributed by atoms with Gasteiger partial charge >= 0.3 is 5.97 Å². The van der Waals surface area contributed by atoms with Gasteiger partial charge in [-0.25, -0.2) is 4.79 Å². The van der Waals surface area contributed by atoms with E-state index in [-0.39, 0.29) is 11.3 Å². The van der Waals surface area contributed by atoms with E-state index in [0.717, 1.165) is 0 Å². The molecule has 39 heavy (non-hydrogen) atoms. The Hall–Kier alpha value is -3.98. The van der Waals surface area contributed by atoms with Crippen LogP contribution in [0.3, 0.4) is 0 Å². The van der Waals surface area contributed by atoms with E-state index in [1.54, 1.807) is 61.5 Å². The molecule has 10 heteroatoms. The molecule has 3 aromatic carbocycles. The van der Waals surface area contributed by atoms with Crippen molar-refractivity contribution in [2.24, 2.45) is 11.1 Å². The fourth-order valence-corrected chi connectivity index (χ4v) is 3.94. The molecule has 0 saturated heterocycles. The summed E-state index contributed by atoms with van der Waals surface area (Å²) >= 11 is 12.1. The highest BCUT2D eigenvalue weighted by atomic mass is 35.5. The smallest absolute Gasteiger partial charge is 0.341 e. The average Bonchev–Trinajstić information content (AvgIpc) is 2.95. The standard InChI is InChI=1S/C29H28Cl2N2O6/c1-5-37-33-27(19-10-12-20(13-11-19)38-21-14-15-25(30)26(31)16-21)18(2)28(39-32)23-9-7-6-8-22(23)24(17-35-3)29(34)36-4/h6-17H,5,32H2,1-4H3. The Morgan fingerprint density at radius 2 is 1.62 bits per heavy atom. The van der Waals surface area contributed by atoms with Crippen molar-refractivity contribution in [1.29, 1.82) is 0 Å².